The molecule has 2 aromatic rings. The summed E-state index contributed by atoms with van der Waals surface area (Å²) in [6, 6.07) is 19.8. The van der Waals surface area contributed by atoms with E-state index in [1.807, 2.05) is 65.6 Å². The van der Waals surface area contributed by atoms with Gasteiger partial charge in [-0.25, -0.2) is 4.79 Å². The molecule has 0 N–H and O–H groups in total. The second-order valence-electron chi connectivity index (χ2n) is 6.50. The smallest absolute Gasteiger partial charge is 0.344 e. The molecule has 0 saturated carbocycles. The molecule has 152 valence electrons. The van der Waals surface area contributed by atoms with Gasteiger partial charge in [0.25, 0.3) is 6.47 Å². The monoisotopic (exact) mass is 394 g/mol. The molecule has 0 aliphatic carbocycles. The van der Waals surface area contributed by atoms with Crippen molar-refractivity contribution in [2.75, 3.05) is 13.1 Å². The summed E-state index contributed by atoms with van der Waals surface area (Å²) in [4.78, 5) is 29.2. The molecule has 2 bridgehead atoms. The molecule has 0 spiro atoms. The van der Waals surface area contributed by atoms with Gasteiger partial charge in [0.1, 0.15) is 13.2 Å². The number of fused-ring (bicyclic) bond motifs is 2. The summed E-state index contributed by atoms with van der Waals surface area (Å²) in [6.45, 7) is 2.99. The van der Waals surface area contributed by atoms with E-state index in [2.05, 4.69) is 17.6 Å². The van der Waals surface area contributed by atoms with Crippen molar-refractivity contribution in [3.05, 3.63) is 71.8 Å². The number of rotatable bonds is 6. The quantitative estimate of drug-likeness (QED) is 0.555. The zero-order valence-electron chi connectivity index (χ0n) is 16.4. The number of ether oxygens (including phenoxy) is 1. The van der Waals surface area contributed by atoms with Gasteiger partial charge < -0.3 is 9.64 Å². The van der Waals surface area contributed by atoms with E-state index < -0.39 is 0 Å². The third kappa shape index (κ3) is 6.66. The molecule has 6 heteroatoms. The lowest BCUT2D eigenvalue weighted by Gasteiger charge is -2.22. The van der Waals surface area contributed by atoms with Crippen molar-refractivity contribution < 1.29 is 19.2 Å². The van der Waals surface area contributed by atoms with Gasteiger partial charge >= 0.3 is 6.03 Å². The minimum atomic E-state index is 0.0310. The first kappa shape index (κ1) is 22.0. The predicted octanol–water partition coefficient (Wildman–Crippen LogP) is 3.63. The van der Waals surface area contributed by atoms with E-state index in [9.17, 15) is 9.59 Å². The maximum Gasteiger partial charge on any atom is 0.344 e. The molecule has 29 heavy (non-hydrogen) atoms. The van der Waals surface area contributed by atoms with E-state index in [1.54, 1.807) is 5.06 Å². The number of amides is 2. The number of carbonyl (C=O) groups excluding carboxylic acids is 2. The summed E-state index contributed by atoms with van der Waals surface area (Å²) < 4.78 is 4.54. The summed E-state index contributed by atoms with van der Waals surface area (Å²) >= 11 is 0. The maximum atomic E-state index is 11.9. The normalized spacial score (nSPS) is 16.8. The highest BCUT2D eigenvalue weighted by Crippen LogP contribution is 2.25. The van der Waals surface area contributed by atoms with Gasteiger partial charge in [-0.1, -0.05) is 60.7 Å². The Labute approximate surface area is 172 Å². The Morgan fingerprint density at radius 1 is 0.966 bits per heavy atom. The Bertz CT molecular complexity index is 764. The van der Waals surface area contributed by atoms with Gasteiger partial charge in [-0.15, -0.1) is 12.8 Å². The van der Waals surface area contributed by atoms with E-state index >= 15 is 0 Å². The Hall–Kier alpha value is -3.30. The highest BCUT2D eigenvalue weighted by Gasteiger charge is 2.40. The van der Waals surface area contributed by atoms with Gasteiger partial charge in [-0.2, -0.15) is 5.06 Å². The van der Waals surface area contributed by atoms with Crippen LogP contribution in [0, 0.1) is 12.8 Å². The maximum absolute atomic E-state index is 11.9. The number of piperidine rings is 1. The minimum absolute atomic E-state index is 0.0310. The molecular weight excluding hydrogens is 368 g/mol. The summed E-state index contributed by atoms with van der Waals surface area (Å²) in [5, 5.41) is 1.57. The van der Waals surface area contributed by atoms with Crippen LogP contribution in [0.2, 0.25) is 0 Å². The fraction of sp³-hybridized carbons (Fsp3) is 0.304. The van der Waals surface area contributed by atoms with Crippen LogP contribution >= 0.6 is 0 Å². The molecule has 2 aliphatic rings. The molecule has 2 saturated heterocycles. The first-order valence-corrected chi connectivity index (χ1v) is 9.45. The Balaban J connectivity index is 0.000000215. The van der Waals surface area contributed by atoms with Gasteiger partial charge in [0.05, 0.1) is 6.04 Å². The summed E-state index contributed by atoms with van der Waals surface area (Å²) in [5.74, 6) is 0. The van der Waals surface area contributed by atoms with Crippen LogP contribution in [-0.4, -0.2) is 41.6 Å². The Kier molecular flexibility index (Phi) is 9.26. The molecule has 1 atom stereocenters. The molecule has 6 nitrogen and oxygen atoms in total. The number of terminal acetylenes is 1. The standard InChI is InChI=1S/C13H16N2O2.C8H8O2.C2H2/c16-13-14-8-4-7-12(9-14)15(13)17-10-11-5-2-1-3-6-11;9-7-10-6-8-4-2-1-3-5-8;1-2/h1-3,5-6,12H,4,7-10H2;1-5,7H,6H2;1-2H/t12-;;/m1../s1. The van der Waals surface area contributed by atoms with Crippen LogP contribution in [-0.2, 0) is 27.6 Å². The number of hydroxylamine groups is 2. The van der Waals surface area contributed by atoms with Crippen LogP contribution in [0.25, 0.3) is 0 Å². The molecule has 4 rings (SSSR count). The minimum Gasteiger partial charge on any atom is -0.463 e. The zero-order chi connectivity index (χ0) is 20.9. The lowest BCUT2D eigenvalue weighted by Crippen LogP contribution is -2.33. The van der Waals surface area contributed by atoms with Crippen molar-refractivity contribution in [1.82, 2.24) is 9.96 Å². The lowest BCUT2D eigenvalue weighted by molar-refractivity contribution is -0.140. The number of nitrogens with zero attached hydrogens (tertiary/aromatic N) is 2. The molecule has 2 fully saturated rings. The van der Waals surface area contributed by atoms with Crippen LogP contribution in [0.1, 0.15) is 24.0 Å². The van der Waals surface area contributed by atoms with E-state index in [1.165, 1.54) is 0 Å². The Morgan fingerprint density at radius 3 is 2.10 bits per heavy atom. The lowest BCUT2D eigenvalue weighted by atomic mass is 10.1. The van der Waals surface area contributed by atoms with E-state index in [0.29, 0.717) is 19.7 Å². The number of urea groups is 1. The largest absolute Gasteiger partial charge is 0.463 e. The highest BCUT2D eigenvalue weighted by molar-refractivity contribution is 5.76. The first-order chi connectivity index (χ1) is 14.3. The Morgan fingerprint density at radius 2 is 1.55 bits per heavy atom. The second-order valence-corrected chi connectivity index (χ2v) is 6.50. The number of benzene rings is 2. The topological polar surface area (TPSA) is 59.1 Å². The molecule has 2 aliphatic heterocycles. The third-order valence-electron chi connectivity index (χ3n) is 4.56. The van der Waals surface area contributed by atoms with Crippen LogP contribution < -0.4 is 0 Å². The highest BCUT2D eigenvalue weighted by atomic mass is 16.7. The SMILES string of the molecule is C#C.O=C1N2CCC[C@H](C2)N1OCc1ccccc1.O=COCc1ccccc1. The van der Waals surface area contributed by atoms with Crippen LogP contribution in [0.5, 0.6) is 0 Å². The van der Waals surface area contributed by atoms with Crippen molar-refractivity contribution >= 4 is 12.5 Å². The fourth-order valence-electron chi connectivity index (χ4n) is 3.20. The number of carbonyl (C=O) groups is 2. The van der Waals surface area contributed by atoms with Crippen LogP contribution in [0.15, 0.2) is 60.7 Å². The number of hydrogen-bond donors (Lipinski definition) is 0. The second kappa shape index (κ2) is 12.2. The van der Waals surface area contributed by atoms with Gasteiger partial charge in [0.2, 0.25) is 0 Å². The predicted molar refractivity (Wildman–Crippen MR) is 110 cm³/mol. The molecule has 0 unspecified atom stereocenters. The van der Waals surface area contributed by atoms with Crippen molar-refractivity contribution in [2.24, 2.45) is 0 Å². The average Bonchev–Trinajstić information content (AvgIpc) is 3.01. The average molecular weight is 394 g/mol. The van der Waals surface area contributed by atoms with Crippen molar-refractivity contribution in [3.63, 3.8) is 0 Å². The zero-order valence-corrected chi connectivity index (χ0v) is 16.4. The molecule has 2 heterocycles. The molecule has 2 aromatic carbocycles. The molecule has 0 aromatic heterocycles. The summed E-state index contributed by atoms with van der Waals surface area (Å²) in [6.07, 6.45) is 10.1. The molecule has 2 amide bonds. The third-order valence-corrected chi connectivity index (χ3v) is 4.56. The van der Waals surface area contributed by atoms with Crippen molar-refractivity contribution in [3.8, 4) is 12.8 Å². The molecular formula is C23H26N2O4. The summed E-state index contributed by atoms with van der Waals surface area (Å²) in [7, 11) is 0. The van der Waals surface area contributed by atoms with Gasteiger partial charge in [0, 0.05) is 13.1 Å². The first-order valence-electron chi connectivity index (χ1n) is 9.45. The fourth-order valence-corrected chi connectivity index (χ4v) is 3.20. The van der Waals surface area contributed by atoms with Crippen LogP contribution in [0.3, 0.4) is 0 Å². The van der Waals surface area contributed by atoms with Gasteiger partial charge in [-0.05, 0) is 24.0 Å². The van der Waals surface area contributed by atoms with E-state index in [0.717, 1.165) is 37.1 Å². The number of hydrogen-bond acceptors (Lipinski definition) is 4. The molecule has 0 radical (unpaired) electrons. The van der Waals surface area contributed by atoms with Gasteiger partial charge in [-0.3, -0.25) is 9.63 Å². The van der Waals surface area contributed by atoms with Gasteiger partial charge in [0.15, 0.2) is 0 Å². The summed E-state index contributed by atoms with van der Waals surface area (Å²) in [5.41, 5.74) is 2.10. The van der Waals surface area contributed by atoms with E-state index in [-0.39, 0.29) is 12.1 Å². The van der Waals surface area contributed by atoms with Crippen LogP contribution in [0.4, 0.5) is 4.79 Å². The van der Waals surface area contributed by atoms with Crippen molar-refractivity contribution in [1.29, 1.82) is 0 Å². The van der Waals surface area contributed by atoms with Crippen molar-refractivity contribution in [2.45, 2.75) is 32.1 Å². The van der Waals surface area contributed by atoms with E-state index in [4.69, 9.17) is 4.84 Å².